The number of furan rings is 1. The first-order valence-electron chi connectivity index (χ1n) is 13.3. The Balaban J connectivity index is 1.16. The van der Waals surface area contributed by atoms with Crippen molar-refractivity contribution < 1.29 is 37.8 Å². The van der Waals surface area contributed by atoms with Crippen molar-refractivity contribution in [3.63, 3.8) is 0 Å². The van der Waals surface area contributed by atoms with Gasteiger partial charge in [-0.15, -0.1) is 0 Å². The number of amides is 1. The Hall–Kier alpha value is -5.18. The minimum absolute atomic E-state index is 0.0526. The van der Waals surface area contributed by atoms with Crippen molar-refractivity contribution in [2.45, 2.75) is 39.0 Å². The van der Waals surface area contributed by atoms with E-state index in [-0.39, 0.29) is 41.2 Å². The lowest BCUT2D eigenvalue weighted by molar-refractivity contribution is -0.143. The second-order valence-electron chi connectivity index (χ2n) is 10.4. The third-order valence-electron chi connectivity index (χ3n) is 6.12. The molecule has 216 valence electrons. The van der Waals surface area contributed by atoms with Gasteiger partial charge in [0, 0.05) is 17.7 Å². The monoisotopic (exact) mass is 569 g/mol. The Morgan fingerprint density at radius 3 is 1.98 bits per heavy atom. The van der Waals surface area contributed by atoms with Gasteiger partial charge in [-0.2, -0.15) is 0 Å². The molecule has 0 aliphatic rings. The smallest absolute Gasteiger partial charge is 0.379 e. The Morgan fingerprint density at radius 1 is 0.762 bits per heavy atom. The normalized spacial score (nSPS) is 10.9. The summed E-state index contributed by atoms with van der Waals surface area (Å²) in [6.07, 6.45) is 1.06. The average Bonchev–Trinajstić information content (AvgIpc) is 3.52. The standard InChI is InChI=1S/C33H31NO8/c1-33(2,3)23-8-14-25(15-9-23)41-26-16-10-24(11-17-26)34-30(36)18-19-31(37)40-21-28(35)22-6-12-27(13-7-22)42-32(38)29-5-4-20-39-29/h4-17,20H,18-19,21H2,1-3H3,(H,34,36). The summed E-state index contributed by atoms with van der Waals surface area (Å²) in [6, 6.07) is 23.6. The average molecular weight is 570 g/mol. The van der Waals surface area contributed by atoms with E-state index in [0.29, 0.717) is 17.2 Å². The maximum Gasteiger partial charge on any atom is 0.379 e. The highest BCUT2D eigenvalue weighted by Gasteiger charge is 2.15. The van der Waals surface area contributed by atoms with E-state index in [0.717, 1.165) is 0 Å². The summed E-state index contributed by atoms with van der Waals surface area (Å²) in [7, 11) is 0. The molecular formula is C33H31NO8. The van der Waals surface area contributed by atoms with Gasteiger partial charge in [0.1, 0.15) is 17.2 Å². The molecule has 1 N–H and O–H groups in total. The molecule has 0 radical (unpaired) electrons. The zero-order chi connectivity index (χ0) is 30.1. The van der Waals surface area contributed by atoms with Crippen molar-refractivity contribution in [3.05, 3.63) is 108 Å². The third-order valence-corrected chi connectivity index (χ3v) is 6.12. The quantitative estimate of drug-likeness (QED) is 0.120. The molecule has 0 fully saturated rings. The van der Waals surface area contributed by atoms with Crippen molar-refractivity contribution in [1.82, 2.24) is 0 Å². The fourth-order valence-corrected chi connectivity index (χ4v) is 3.77. The molecule has 0 unspecified atom stereocenters. The van der Waals surface area contributed by atoms with Crippen LogP contribution in [-0.4, -0.2) is 30.2 Å². The van der Waals surface area contributed by atoms with Crippen LogP contribution in [0.25, 0.3) is 0 Å². The highest BCUT2D eigenvalue weighted by molar-refractivity contribution is 5.98. The molecule has 0 spiro atoms. The lowest BCUT2D eigenvalue weighted by Crippen LogP contribution is -2.17. The van der Waals surface area contributed by atoms with E-state index >= 15 is 0 Å². The van der Waals surface area contributed by atoms with Crippen LogP contribution in [0.3, 0.4) is 0 Å². The summed E-state index contributed by atoms with van der Waals surface area (Å²) in [5.41, 5.74) is 2.09. The van der Waals surface area contributed by atoms with Crippen molar-refractivity contribution in [2.24, 2.45) is 0 Å². The summed E-state index contributed by atoms with van der Waals surface area (Å²) < 4.78 is 21.0. The molecule has 3 aromatic carbocycles. The number of nitrogens with one attached hydrogen (secondary N) is 1. The number of hydrogen-bond acceptors (Lipinski definition) is 8. The van der Waals surface area contributed by atoms with Crippen LogP contribution in [0.2, 0.25) is 0 Å². The number of anilines is 1. The number of Topliss-reactive ketones (excluding diaryl/α,β-unsaturated/α-hetero) is 1. The number of carbonyl (C=O) groups is 4. The summed E-state index contributed by atoms with van der Waals surface area (Å²) in [6.45, 7) is 5.96. The van der Waals surface area contributed by atoms with Gasteiger partial charge in [-0.1, -0.05) is 32.9 Å². The largest absolute Gasteiger partial charge is 0.457 e. The van der Waals surface area contributed by atoms with Crippen molar-refractivity contribution >= 4 is 29.3 Å². The number of ketones is 1. The minimum atomic E-state index is -0.677. The fraction of sp³-hybridized carbons (Fsp3) is 0.212. The zero-order valence-corrected chi connectivity index (χ0v) is 23.5. The van der Waals surface area contributed by atoms with Gasteiger partial charge in [0.25, 0.3) is 0 Å². The van der Waals surface area contributed by atoms with Crippen molar-refractivity contribution in [3.8, 4) is 17.2 Å². The topological polar surface area (TPSA) is 121 Å². The van der Waals surface area contributed by atoms with Gasteiger partial charge in [-0.25, -0.2) is 4.79 Å². The minimum Gasteiger partial charge on any atom is -0.457 e. The van der Waals surface area contributed by atoms with E-state index < -0.39 is 24.3 Å². The Labute approximate surface area is 243 Å². The molecule has 1 heterocycles. The maximum absolute atomic E-state index is 12.4. The zero-order valence-electron chi connectivity index (χ0n) is 23.5. The Kier molecular flexibility index (Phi) is 9.54. The van der Waals surface area contributed by atoms with E-state index in [9.17, 15) is 19.2 Å². The number of ether oxygens (including phenoxy) is 3. The molecule has 1 amide bonds. The third kappa shape index (κ3) is 8.66. The molecule has 4 rings (SSSR count). The van der Waals surface area contributed by atoms with Crippen LogP contribution in [0.4, 0.5) is 5.69 Å². The van der Waals surface area contributed by atoms with Crippen LogP contribution >= 0.6 is 0 Å². The molecular weight excluding hydrogens is 538 g/mol. The molecule has 1 aromatic heterocycles. The predicted octanol–water partition coefficient (Wildman–Crippen LogP) is 6.73. The number of carbonyl (C=O) groups excluding carboxylic acids is 4. The fourth-order valence-electron chi connectivity index (χ4n) is 3.77. The lowest BCUT2D eigenvalue weighted by atomic mass is 9.87. The van der Waals surface area contributed by atoms with E-state index in [2.05, 4.69) is 26.1 Å². The van der Waals surface area contributed by atoms with Crippen LogP contribution in [-0.2, 0) is 19.7 Å². The van der Waals surface area contributed by atoms with Gasteiger partial charge in [-0.05, 0) is 83.8 Å². The molecule has 0 aliphatic carbocycles. The Morgan fingerprint density at radius 2 is 1.38 bits per heavy atom. The van der Waals surface area contributed by atoms with Crippen LogP contribution in [0, 0.1) is 0 Å². The van der Waals surface area contributed by atoms with Crippen LogP contribution in [0.15, 0.2) is 95.6 Å². The SMILES string of the molecule is CC(C)(C)c1ccc(Oc2ccc(NC(=O)CCC(=O)OCC(=O)c3ccc(OC(=O)c4ccco4)cc3)cc2)cc1. The van der Waals surface area contributed by atoms with Crippen LogP contribution in [0.1, 0.15) is 60.1 Å². The molecule has 0 saturated heterocycles. The van der Waals surface area contributed by atoms with E-state index in [4.69, 9.17) is 18.6 Å². The highest BCUT2D eigenvalue weighted by Crippen LogP contribution is 2.27. The number of hydrogen-bond donors (Lipinski definition) is 1. The van der Waals surface area contributed by atoms with Crippen molar-refractivity contribution in [1.29, 1.82) is 0 Å². The number of benzene rings is 3. The van der Waals surface area contributed by atoms with E-state index in [1.165, 1.54) is 42.2 Å². The molecule has 9 heteroatoms. The molecule has 0 saturated carbocycles. The molecule has 0 aliphatic heterocycles. The number of rotatable bonds is 11. The van der Waals surface area contributed by atoms with Crippen LogP contribution in [0.5, 0.6) is 17.2 Å². The van der Waals surface area contributed by atoms with E-state index in [1.54, 1.807) is 30.3 Å². The number of esters is 2. The summed E-state index contributed by atoms with van der Waals surface area (Å²) in [5, 5.41) is 2.72. The van der Waals surface area contributed by atoms with Gasteiger partial charge in [-0.3, -0.25) is 14.4 Å². The summed E-state index contributed by atoms with van der Waals surface area (Å²) in [4.78, 5) is 48.6. The summed E-state index contributed by atoms with van der Waals surface area (Å²) >= 11 is 0. The first-order chi connectivity index (χ1) is 20.1. The van der Waals surface area contributed by atoms with Gasteiger partial charge >= 0.3 is 11.9 Å². The van der Waals surface area contributed by atoms with Gasteiger partial charge in [0.05, 0.1) is 12.7 Å². The molecule has 0 atom stereocenters. The van der Waals surface area contributed by atoms with Crippen LogP contribution < -0.4 is 14.8 Å². The highest BCUT2D eigenvalue weighted by atomic mass is 16.5. The summed E-state index contributed by atoms with van der Waals surface area (Å²) in [5.74, 6) is -0.547. The lowest BCUT2D eigenvalue weighted by Gasteiger charge is -2.19. The Bertz CT molecular complexity index is 1520. The predicted molar refractivity (Wildman–Crippen MR) is 155 cm³/mol. The molecule has 0 bridgehead atoms. The van der Waals surface area contributed by atoms with Gasteiger partial charge in [0.15, 0.2) is 12.4 Å². The van der Waals surface area contributed by atoms with E-state index in [1.807, 2.05) is 24.3 Å². The second-order valence-corrected chi connectivity index (χ2v) is 10.4. The second kappa shape index (κ2) is 13.5. The first kappa shape index (κ1) is 29.8. The van der Waals surface area contributed by atoms with Gasteiger partial charge in [0.2, 0.25) is 11.7 Å². The van der Waals surface area contributed by atoms with Gasteiger partial charge < -0.3 is 23.9 Å². The molecule has 9 nitrogen and oxygen atoms in total. The molecule has 4 aromatic rings. The first-order valence-corrected chi connectivity index (χ1v) is 13.3. The molecule has 42 heavy (non-hydrogen) atoms. The maximum atomic E-state index is 12.4. The van der Waals surface area contributed by atoms with Crippen molar-refractivity contribution in [2.75, 3.05) is 11.9 Å².